The Hall–Kier alpha value is -2.18. The fourth-order valence-corrected chi connectivity index (χ4v) is 3.68. The maximum atomic E-state index is 6.04. The zero-order valence-electron chi connectivity index (χ0n) is 14.4. The van der Waals surface area contributed by atoms with Gasteiger partial charge in [0.1, 0.15) is 17.5 Å². The number of anilines is 1. The van der Waals surface area contributed by atoms with Crippen LogP contribution in [0, 0.1) is 0 Å². The molecule has 0 bridgehead atoms. The lowest BCUT2D eigenvalue weighted by Gasteiger charge is -2.32. The highest BCUT2D eigenvalue weighted by Gasteiger charge is 2.32. The Morgan fingerprint density at radius 3 is 2.73 bits per heavy atom. The molecule has 26 heavy (non-hydrogen) atoms. The van der Waals surface area contributed by atoms with Crippen LogP contribution in [0.4, 0.5) is 5.82 Å². The van der Waals surface area contributed by atoms with Gasteiger partial charge in [-0.05, 0) is 43.9 Å². The third-order valence-corrected chi connectivity index (χ3v) is 5.46. The number of hydrogen-bond acceptors (Lipinski definition) is 5. The van der Waals surface area contributed by atoms with Crippen LogP contribution in [0.5, 0.6) is 0 Å². The Labute approximate surface area is 156 Å². The smallest absolute Gasteiger partial charge is 0.134 e. The molecule has 0 saturated heterocycles. The van der Waals surface area contributed by atoms with Gasteiger partial charge in [0.15, 0.2) is 0 Å². The van der Waals surface area contributed by atoms with Crippen molar-refractivity contribution in [2.75, 3.05) is 5.32 Å². The molecule has 0 atom stereocenters. The summed E-state index contributed by atoms with van der Waals surface area (Å²) in [6.45, 7) is 0.580. The van der Waals surface area contributed by atoms with E-state index in [1.165, 1.54) is 12.8 Å². The van der Waals surface area contributed by atoms with Crippen molar-refractivity contribution >= 4 is 28.5 Å². The van der Waals surface area contributed by atoms with E-state index in [0.717, 1.165) is 47.0 Å². The van der Waals surface area contributed by atoms with E-state index in [1.54, 1.807) is 0 Å². The summed E-state index contributed by atoms with van der Waals surface area (Å²) < 4.78 is 0. The van der Waals surface area contributed by atoms with Crippen molar-refractivity contribution in [1.29, 1.82) is 0 Å². The Morgan fingerprint density at radius 1 is 1.12 bits per heavy atom. The molecule has 0 radical (unpaired) electrons. The number of nitrogens with two attached hydrogens (primary N) is 1. The predicted molar refractivity (Wildman–Crippen MR) is 102 cm³/mol. The molecule has 2 aliphatic carbocycles. The second-order valence-electron chi connectivity index (χ2n) is 7.44. The van der Waals surface area contributed by atoms with Crippen LogP contribution in [-0.2, 0) is 6.54 Å². The first-order valence-corrected chi connectivity index (χ1v) is 9.54. The number of aromatic amines is 1. The number of nitrogens with zero attached hydrogens (tertiary/aromatic N) is 3. The highest BCUT2D eigenvalue weighted by atomic mass is 35.5. The van der Waals surface area contributed by atoms with Crippen molar-refractivity contribution in [2.24, 2.45) is 5.73 Å². The zero-order chi connectivity index (χ0) is 17.7. The van der Waals surface area contributed by atoms with E-state index in [2.05, 4.69) is 21.4 Å². The molecular weight excluding hydrogens is 348 g/mol. The van der Waals surface area contributed by atoms with Gasteiger partial charge in [-0.2, -0.15) is 0 Å². The Bertz CT molecular complexity index is 958. The third kappa shape index (κ3) is 3.15. The second kappa shape index (κ2) is 6.21. The van der Waals surface area contributed by atoms with Gasteiger partial charge in [-0.3, -0.25) is 0 Å². The summed E-state index contributed by atoms with van der Waals surface area (Å²) >= 11 is 6.04. The summed E-state index contributed by atoms with van der Waals surface area (Å²) in [6.07, 6.45) is 4.42. The summed E-state index contributed by atoms with van der Waals surface area (Å²) in [7, 11) is 0. The minimum atomic E-state index is 0.318. The molecule has 2 saturated carbocycles. The van der Waals surface area contributed by atoms with Gasteiger partial charge in [-0.1, -0.05) is 11.6 Å². The molecule has 2 heterocycles. The normalized spacial score (nSPS) is 22.4. The average molecular weight is 369 g/mol. The predicted octanol–water partition coefficient (Wildman–Crippen LogP) is 3.70. The summed E-state index contributed by atoms with van der Waals surface area (Å²) in [5, 5.41) is 4.11. The van der Waals surface area contributed by atoms with Crippen LogP contribution in [0.2, 0.25) is 5.02 Å². The van der Waals surface area contributed by atoms with Crippen molar-refractivity contribution in [3.8, 4) is 0 Å². The number of imidazole rings is 1. The third-order valence-electron chi connectivity index (χ3n) is 5.23. The average Bonchev–Trinajstić information content (AvgIpc) is 3.37. The van der Waals surface area contributed by atoms with Crippen molar-refractivity contribution in [3.05, 3.63) is 46.6 Å². The zero-order valence-corrected chi connectivity index (χ0v) is 15.1. The molecule has 3 aromatic rings. The van der Waals surface area contributed by atoms with Crippen molar-refractivity contribution < 1.29 is 0 Å². The van der Waals surface area contributed by atoms with Crippen LogP contribution in [0.25, 0.3) is 11.0 Å². The van der Waals surface area contributed by atoms with E-state index in [-0.39, 0.29) is 0 Å². The second-order valence-corrected chi connectivity index (χ2v) is 7.87. The van der Waals surface area contributed by atoms with E-state index in [9.17, 15) is 0 Å². The molecule has 2 fully saturated rings. The number of rotatable bonds is 5. The van der Waals surface area contributed by atoms with E-state index in [0.29, 0.717) is 29.4 Å². The van der Waals surface area contributed by atoms with E-state index >= 15 is 0 Å². The minimum Gasteiger partial charge on any atom is -0.363 e. The van der Waals surface area contributed by atoms with Gasteiger partial charge in [0.25, 0.3) is 0 Å². The van der Waals surface area contributed by atoms with Crippen molar-refractivity contribution in [3.63, 3.8) is 0 Å². The maximum Gasteiger partial charge on any atom is 0.134 e. The number of aromatic nitrogens is 4. The number of H-pyrrole nitrogens is 1. The van der Waals surface area contributed by atoms with E-state index in [4.69, 9.17) is 27.3 Å². The quantitative estimate of drug-likeness (QED) is 0.638. The summed E-state index contributed by atoms with van der Waals surface area (Å²) in [5.41, 5.74) is 8.94. The van der Waals surface area contributed by atoms with Crippen molar-refractivity contribution in [2.45, 2.75) is 50.1 Å². The lowest BCUT2D eigenvalue weighted by Crippen LogP contribution is -2.35. The fourth-order valence-electron chi connectivity index (χ4n) is 3.51. The SMILES string of the molecule is NC1CC(c2cc(NCc3nc4ccc(Cl)cc4[nH]3)nc(C3CC3)n2)C1. The molecule has 5 rings (SSSR count). The summed E-state index contributed by atoms with van der Waals surface area (Å²) in [4.78, 5) is 17.4. The molecule has 6 nitrogen and oxygen atoms in total. The van der Waals surface area contributed by atoms with Gasteiger partial charge >= 0.3 is 0 Å². The first-order chi connectivity index (χ1) is 12.6. The van der Waals surface area contributed by atoms with Crippen LogP contribution in [-0.4, -0.2) is 26.0 Å². The van der Waals surface area contributed by atoms with Gasteiger partial charge < -0.3 is 16.0 Å². The molecule has 4 N–H and O–H groups in total. The first-order valence-electron chi connectivity index (χ1n) is 9.16. The molecule has 0 spiro atoms. The molecule has 1 aromatic carbocycles. The van der Waals surface area contributed by atoms with Gasteiger partial charge in [0, 0.05) is 34.7 Å². The van der Waals surface area contributed by atoms with E-state index < -0.39 is 0 Å². The Morgan fingerprint density at radius 2 is 1.96 bits per heavy atom. The van der Waals surface area contributed by atoms with Crippen LogP contribution >= 0.6 is 11.6 Å². The fraction of sp³-hybridized carbons (Fsp3) is 0.421. The number of halogens is 1. The van der Waals surface area contributed by atoms with Crippen LogP contribution < -0.4 is 11.1 Å². The van der Waals surface area contributed by atoms with Crippen LogP contribution in [0.1, 0.15) is 54.9 Å². The largest absolute Gasteiger partial charge is 0.363 e. The molecule has 0 unspecified atom stereocenters. The van der Waals surface area contributed by atoms with Gasteiger partial charge in [-0.25, -0.2) is 15.0 Å². The standard InChI is InChI=1S/C19H21ClN6/c20-12-3-4-14-16(7-12)24-18(23-14)9-22-17-8-15(11-5-13(21)6-11)25-19(26-17)10-1-2-10/h3-4,7-8,10-11,13H,1-2,5-6,9,21H2,(H,23,24)(H,22,25,26). The number of fused-ring (bicyclic) bond motifs is 1. The first kappa shape index (κ1) is 16.0. The molecule has 134 valence electrons. The van der Waals surface area contributed by atoms with Gasteiger partial charge in [-0.15, -0.1) is 0 Å². The van der Waals surface area contributed by atoms with Gasteiger partial charge in [0.05, 0.1) is 17.6 Å². The molecular formula is C19H21ClN6. The maximum absolute atomic E-state index is 6.04. The molecule has 7 heteroatoms. The lowest BCUT2D eigenvalue weighted by molar-refractivity contribution is 0.344. The summed E-state index contributed by atoms with van der Waals surface area (Å²) in [6, 6.07) is 8.05. The van der Waals surface area contributed by atoms with Crippen molar-refractivity contribution in [1.82, 2.24) is 19.9 Å². The molecule has 2 aromatic heterocycles. The minimum absolute atomic E-state index is 0.318. The highest BCUT2D eigenvalue weighted by molar-refractivity contribution is 6.31. The Kier molecular flexibility index (Phi) is 3.83. The van der Waals surface area contributed by atoms with Crippen LogP contribution in [0.3, 0.4) is 0 Å². The monoisotopic (exact) mass is 368 g/mol. The van der Waals surface area contributed by atoms with Crippen LogP contribution in [0.15, 0.2) is 24.3 Å². The molecule has 0 amide bonds. The molecule has 2 aliphatic rings. The number of benzene rings is 1. The number of hydrogen-bond donors (Lipinski definition) is 3. The Balaban J connectivity index is 1.36. The summed E-state index contributed by atoms with van der Waals surface area (Å²) in [5.74, 6) is 3.70. The topological polar surface area (TPSA) is 92.5 Å². The number of nitrogens with one attached hydrogen (secondary N) is 2. The highest BCUT2D eigenvalue weighted by Crippen LogP contribution is 2.41. The van der Waals surface area contributed by atoms with Gasteiger partial charge in [0.2, 0.25) is 0 Å². The van der Waals surface area contributed by atoms with E-state index in [1.807, 2.05) is 18.2 Å². The molecule has 0 aliphatic heterocycles. The lowest BCUT2D eigenvalue weighted by atomic mass is 9.78.